The van der Waals surface area contributed by atoms with Crippen molar-refractivity contribution in [2.45, 2.75) is 40.0 Å². The molecule has 0 amide bonds. The van der Waals surface area contributed by atoms with Crippen molar-refractivity contribution in [3.63, 3.8) is 0 Å². The van der Waals surface area contributed by atoms with Gasteiger partial charge in [0, 0.05) is 10.8 Å². The van der Waals surface area contributed by atoms with E-state index in [4.69, 9.17) is 18.9 Å². The first kappa shape index (κ1) is 17.6. The Hall–Kier alpha value is -1.26. The molecule has 1 aromatic rings. The maximum absolute atomic E-state index is 6.16. The average Bonchev–Trinajstić information content (AvgIpc) is 2.46. The van der Waals surface area contributed by atoms with Gasteiger partial charge < -0.3 is 18.9 Å². The van der Waals surface area contributed by atoms with Crippen LogP contribution in [0.5, 0.6) is 11.5 Å². The third kappa shape index (κ3) is 3.86. The Labute approximate surface area is 145 Å². The number of benzene rings is 1. The lowest BCUT2D eigenvalue weighted by molar-refractivity contribution is -0.123. The van der Waals surface area contributed by atoms with E-state index in [1.807, 2.05) is 6.07 Å². The normalized spacial score (nSPS) is 21.5. The molecule has 0 unspecified atom stereocenters. The molecule has 24 heavy (non-hydrogen) atoms. The molecule has 134 valence electrons. The summed E-state index contributed by atoms with van der Waals surface area (Å²) in [6, 6.07) is 6.30. The second-order valence-electron chi connectivity index (χ2n) is 9.10. The van der Waals surface area contributed by atoms with Gasteiger partial charge in [0.2, 0.25) is 0 Å². The molecule has 2 aliphatic rings. The SMILES string of the molecule is CC1(COc2ccc(C(C)(C)C)cc2OCC2(C)COC2)COC1. The number of hydrogen-bond acceptors (Lipinski definition) is 4. The largest absolute Gasteiger partial charge is 0.489 e. The van der Waals surface area contributed by atoms with Crippen molar-refractivity contribution in [2.75, 3.05) is 39.6 Å². The molecule has 4 heteroatoms. The van der Waals surface area contributed by atoms with E-state index in [0.29, 0.717) is 13.2 Å². The quantitative estimate of drug-likeness (QED) is 0.792. The van der Waals surface area contributed by atoms with E-state index in [0.717, 1.165) is 37.9 Å². The fraction of sp³-hybridized carbons (Fsp3) is 0.700. The highest BCUT2D eigenvalue weighted by Crippen LogP contribution is 2.37. The monoisotopic (exact) mass is 334 g/mol. The first-order valence-electron chi connectivity index (χ1n) is 8.75. The zero-order valence-electron chi connectivity index (χ0n) is 15.6. The second-order valence-corrected chi connectivity index (χ2v) is 9.10. The highest BCUT2D eigenvalue weighted by molar-refractivity contribution is 5.45. The van der Waals surface area contributed by atoms with Crippen LogP contribution in [-0.2, 0) is 14.9 Å². The summed E-state index contributed by atoms with van der Waals surface area (Å²) in [5.74, 6) is 1.65. The highest BCUT2D eigenvalue weighted by atomic mass is 16.5. The molecule has 0 saturated carbocycles. The molecule has 0 radical (unpaired) electrons. The Kier molecular flexibility index (Phi) is 4.56. The van der Waals surface area contributed by atoms with E-state index in [2.05, 4.69) is 46.8 Å². The summed E-state index contributed by atoms with van der Waals surface area (Å²) >= 11 is 0. The van der Waals surface area contributed by atoms with E-state index < -0.39 is 0 Å². The summed E-state index contributed by atoms with van der Waals surface area (Å²) < 4.78 is 22.9. The molecule has 0 spiro atoms. The Morgan fingerprint density at radius 3 is 1.79 bits per heavy atom. The third-order valence-electron chi connectivity index (χ3n) is 4.76. The molecule has 0 bridgehead atoms. The van der Waals surface area contributed by atoms with Crippen LogP contribution >= 0.6 is 0 Å². The fourth-order valence-corrected chi connectivity index (χ4v) is 2.78. The van der Waals surface area contributed by atoms with E-state index in [1.165, 1.54) is 5.56 Å². The average molecular weight is 334 g/mol. The van der Waals surface area contributed by atoms with Gasteiger partial charge in [0.15, 0.2) is 11.5 Å². The lowest BCUT2D eigenvalue weighted by atomic mass is 9.86. The van der Waals surface area contributed by atoms with Crippen LogP contribution in [0, 0.1) is 10.8 Å². The smallest absolute Gasteiger partial charge is 0.161 e. The minimum atomic E-state index is 0.0773. The van der Waals surface area contributed by atoms with Crippen LogP contribution in [-0.4, -0.2) is 39.6 Å². The molecule has 2 fully saturated rings. The van der Waals surface area contributed by atoms with Crippen LogP contribution in [0.3, 0.4) is 0 Å². The lowest BCUT2D eigenvalue weighted by Crippen LogP contribution is -2.45. The predicted octanol–water partition coefficient (Wildman–Crippen LogP) is 3.81. The van der Waals surface area contributed by atoms with Crippen LogP contribution in [0.4, 0.5) is 0 Å². The van der Waals surface area contributed by atoms with Crippen LogP contribution in [0.2, 0.25) is 0 Å². The minimum absolute atomic E-state index is 0.0773. The summed E-state index contributed by atoms with van der Waals surface area (Å²) in [6.07, 6.45) is 0. The maximum atomic E-state index is 6.16. The molecule has 0 atom stereocenters. The first-order valence-corrected chi connectivity index (χ1v) is 8.75. The Balaban J connectivity index is 1.74. The Bertz CT molecular complexity index is 580. The molecule has 2 heterocycles. The molecule has 0 N–H and O–H groups in total. The van der Waals surface area contributed by atoms with Crippen molar-refractivity contribution in [3.05, 3.63) is 23.8 Å². The molecular formula is C20H30O4. The van der Waals surface area contributed by atoms with Crippen LogP contribution < -0.4 is 9.47 Å². The number of rotatable bonds is 6. The van der Waals surface area contributed by atoms with Gasteiger partial charge in [0.1, 0.15) is 0 Å². The van der Waals surface area contributed by atoms with Gasteiger partial charge in [-0.05, 0) is 23.1 Å². The number of ether oxygens (including phenoxy) is 4. The van der Waals surface area contributed by atoms with Crippen molar-refractivity contribution < 1.29 is 18.9 Å². The lowest BCUT2D eigenvalue weighted by Gasteiger charge is -2.38. The summed E-state index contributed by atoms with van der Waals surface area (Å²) in [7, 11) is 0. The van der Waals surface area contributed by atoms with E-state index in [1.54, 1.807) is 0 Å². The van der Waals surface area contributed by atoms with Gasteiger partial charge >= 0.3 is 0 Å². The predicted molar refractivity (Wildman–Crippen MR) is 94.0 cm³/mol. The summed E-state index contributed by atoms with van der Waals surface area (Å²) in [4.78, 5) is 0. The van der Waals surface area contributed by atoms with E-state index in [-0.39, 0.29) is 16.2 Å². The topological polar surface area (TPSA) is 36.9 Å². The van der Waals surface area contributed by atoms with Gasteiger partial charge in [-0.15, -0.1) is 0 Å². The van der Waals surface area contributed by atoms with Crippen LogP contribution in [0.25, 0.3) is 0 Å². The summed E-state index contributed by atoms with van der Waals surface area (Å²) in [6.45, 7) is 15.4. The molecule has 1 aromatic carbocycles. The van der Waals surface area contributed by atoms with Crippen molar-refractivity contribution in [1.29, 1.82) is 0 Å². The molecule has 0 aromatic heterocycles. The highest BCUT2D eigenvalue weighted by Gasteiger charge is 2.36. The fourth-order valence-electron chi connectivity index (χ4n) is 2.78. The van der Waals surface area contributed by atoms with Gasteiger partial charge in [-0.1, -0.05) is 40.7 Å². The molecule has 3 rings (SSSR count). The minimum Gasteiger partial charge on any atom is -0.489 e. The van der Waals surface area contributed by atoms with Crippen LogP contribution in [0.15, 0.2) is 18.2 Å². The molecule has 0 aliphatic carbocycles. The van der Waals surface area contributed by atoms with Gasteiger partial charge in [-0.2, -0.15) is 0 Å². The van der Waals surface area contributed by atoms with Crippen molar-refractivity contribution >= 4 is 0 Å². The molecular weight excluding hydrogens is 304 g/mol. The summed E-state index contributed by atoms with van der Waals surface area (Å²) in [5, 5.41) is 0. The second kappa shape index (κ2) is 6.23. The first-order chi connectivity index (χ1) is 11.2. The van der Waals surface area contributed by atoms with Gasteiger partial charge in [0.25, 0.3) is 0 Å². The van der Waals surface area contributed by atoms with Crippen molar-refractivity contribution in [2.24, 2.45) is 10.8 Å². The van der Waals surface area contributed by atoms with Gasteiger partial charge in [-0.25, -0.2) is 0 Å². The zero-order chi connectivity index (χ0) is 17.4. The van der Waals surface area contributed by atoms with Gasteiger partial charge in [0.05, 0.1) is 39.6 Å². The standard InChI is InChI=1S/C20H30O4/c1-18(2,3)15-6-7-16(23-13-19(4)9-21-10-19)17(8-15)24-14-20(5)11-22-12-20/h6-8H,9-14H2,1-5H3. The molecule has 2 saturated heterocycles. The van der Waals surface area contributed by atoms with Crippen LogP contribution in [0.1, 0.15) is 40.2 Å². The summed E-state index contributed by atoms with van der Waals surface area (Å²) in [5.41, 5.74) is 1.56. The zero-order valence-corrected chi connectivity index (χ0v) is 15.6. The van der Waals surface area contributed by atoms with Gasteiger partial charge in [-0.3, -0.25) is 0 Å². The third-order valence-corrected chi connectivity index (χ3v) is 4.76. The van der Waals surface area contributed by atoms with Crippen molar-refractivity contribution in [3.8, 4) is 11.5 Å². The number of hydrogen-bond donors (Lipinski definition) is 0. The van der Waals surface area contributed by atoms with E-state index in [9.17, 15) is 0 Å². The van der Waals surface area contributed by atoms with Crippen molar-refractivity contribution in [1.82, 2.24) is 0 Å². The maximum Gasteiger partial charge on any atom is 0.161 e. The van der Waals surface area contributed by atoms with E-state index >= 15 is 0 Å². The molecule has 4 nitrogen and oxygen atoms in total. The Morgan fingerprint density at radius 1 is 0.875 bits per heavy atom. The Morgan fingerprint density at radius 2 is 1.38 bits per heavy atom. The molecule has 2 aliphatic heterocycles.